The zero-order valence-electron chi connectivity index (χ0n) is 25.5. The van der Waals surface area contributed by atoms with E-state index < -0.39 is 0 Å². The molecule has 0 atom stereocenters. The molecule has 0 heterocycles. The van der Waals surface area contributed by atoms with Crippen molar-refractivity contribution >= 4 is 11.8 Å². The Bertz CT molecular complexity index is 799. The molecule has 37 heavy (non-hydrogen) atoms. The summed E-state index contributed by atoms with van der Waals surface area (Å²) < 4.78 is 6.20. The van der Waals surface area contributed by atoms with E-state index in [4.69, 9.17) is 4.74 Å². The van der Waals surface area contributed by atoms with Crippen molar-refractivity contribution in [2.75, 3.05) is 39.4 Å². The first-order chi connectivity index (χ1) is 17.3. The first-order valence-corrected chi connectivity index (χ1v) is 14.5. The summed E-state index contributed by atoms with van der Waals surface area (Å²) in [5, 5.41) is 0. The summed E-state index contributed by atoms with van der Waals surface area (Å²) in [7, 11) is 0. The topological polar surface area (TPSA) is 49.9 Å². The molecule has 1 aromatic carbocycles. The van der Waals surface area contributed by atoms with Crippen LogP contribution in [0.25, 0.3) is 0 Å². The zero-order valence-corrected chi connectivity index (χ0v) is 25.5. The van der Waals surface area contributed by atoms with Crippen LogP contribution in [0.1, 0.15) is 98.6 Å². The maximum Gasteiger partial charge on any atom is 0.222 e. The van der Waals surface area contributed by atoms with Crippen LogP contribution in [0.3, 0.4) is 0 Å². The van der Waals surface area contributed by atoms with Gasteiger partial charge in [-0.15, -0.1) is 0 Å². The van der Waals surface area contributed by atoms with Crippen LogP contribution in [0.2, 0.25) is 0 Å². The van der Waals surface area contributed by atoms with Gasteiger partial charge in [0.1, 0.15) is 0 Å². The van der Waals surface area contributed by atoms with E-state index in [1.807, 2.05) is 16.7 Å². The molecule has 1 aromatic rings. The Morgan fingerprint density at radius 2 is 1.30 bits per heavy atom. The largest absolute Gasteiger partial charge is 0.380 e. The minimum atomic E-state index is -0.151. The minimum absolute atomic E-state index is 0.131. The van der Waals surface area contributed by atoms with E-state index in [2.05, 4.69) is 79.7 Å². The first-order valence-electron chi connectivity index (χ1n) is 14.5. The van der Waals surface area contributed by atoms with Crippen LogP contribution in [0.4, 0.5) is 0 Å². The quantitative estimate of drug-likeness (QED) is 0.199. The number of hydrogen-bond acceptors (Lipinski definition) is 3. The van der Waals surface area contributed by atoms with E-state index in [1.54, 1.807) is 0 Å². The lowest BCUT2D eigenvalue weighted by Crippen LogP contribution is -2.43. The number of ether oxygens (including phenoxy) is 1. The molecule has 5 heteroatoms. The molecule has 0 aliphatic heterocycles. The van der Waals surface area contributed by atoms with E-state index in [0.29, 0.717) is 51.6 Å². The van der Waals surface area contributed by atoms with Gasteiger partial charge in [0.05, 0.1) is 13.2 Å². The van der Waals surface area contributed by atoms with E-state index in [0.717, 1.165) is 25.8 Å². The number of nitrogens with zero attached hydrogens (tertiary/aromatic N) is 2. The van der Waals surface area contributed by atoms with Crippen molar-refractivity contribution in [1.29, 1.82) is 0 Å². The van der Waals surface area contributed by atoms with Gasteiger partial charge in [0.2, 0.25) is 11.8 Å². The summed E-state index contributed by atoms with van der Waals surface area (Å²) in [6.45, 7) is 23.3. The van der Waals surface area contributed by atoms with Gasteiger partial charge >= 0.3 is 0 Å². The highest BCUT2D eigenvalue weighted by Gasteiger charge is 2.28. The van der Waals surface area contributed by atoms with Crippen molar-refractivity contribution < 1.29 is 14.3 Å². The van der Waals surface area contributed by atoms with Gasteiger partial charge < -0.3 is 14.5 Å². The van der Waals surface area contributed by atoms with Crippen LogP contribution < -0.4 is 0 Å². The maximum absolute atomic E-state index is 12.9. The Hall–Kier alpha value is -1.88. The molecule has 1 rings (SSSR count). The van der Waals surface area contributed by atoms with Crippen molar-refractivity contribution in [3.8, 4) is 0 Å². The normalized spacial score (nSPS) is 12.2. The van der Waals surface area contributed by atoms with Crippen molar-refractivity contribution in [2.24, 2.45) is 16.7 Å². The number of carbonyl (C=O) groups is 2. The Labute approximate surface area is 228 Å². The Morgan fingerprint density at radius 1 is 0.811 bits per heavy atom. The molecule has 5 nitrogen and oxygen atoms in total. The molecule has 0 N–H and O–H groups in total. The third-order valence-electron chi connectivity index (χ3n) is 6.86. The fourth-order valence-corrected chi connectivity index (χ4v) is 4.63. The summed E-state index contributed by atoms with van der Waals surface area (Å²) in [6.07, 6.45) is 5.20. The van der Waals surface area contributed by atoms with Gasteiger partial charge in [-0.05, 0) is 45.1 Å². The van der Waals surface area contributed by atoms with Crippen LogP contribution in [-0.4, -0.2) is 61.0 Å². The predicted octanol–water partition coefficient (Wildman–Crippen LogP) is 6.91. The molecule has 0 aliphatic rings. The van der Waals surface area contributed by atoms with Gasteiger partial charge in [0, 0.05) is 49.9 Å². The number of aryl methyl sites for hydroxylation is 2. The summed E-state index contributed by atoms with van der Waals surface area (Å²) in [4.78, 5) is 29.6. The molecule has 0 saturated heterocycles. The molecule has 0 bridgehead atoms. The molecular weight excluding hydrogens is 460 g/mol. The van der Waals surface area contributed by atoms with E-state index in [1.165, 1.54) is 17.5 Å². The molecular formula is C32H56N2O3. The lowest BCUT2D eigenvalue weighted by atomic mass is 9.92. The van der Waals surface area contributed by atoms with E-state index in [9.17, 15) is 9.59 Å². The Kier molecular flexibility index (Phi) is 14.5. The highest BCUT2D eigenvalue weighted by atomic mass is 16.5. The predicted molar refractivity (Wildman–Crippen MR) is 156 cm³/mol. The SMILES string of the molecule is CCN(CC(C)(C)COCC(C)(C)CN(CC)C(=O)CCc1ccc(C)cc1)C(=O)CCCCC(C)C. The molecule has 212 valence electrons. The molecule has 0 aromatic heterocycles. The Balaban J connectivity index is 2.50. The number of carbonyl (C=O) groups excluding carboxylic acids is 2. The molecule has 2 amide bonds. The average Bonchev–Trinajstić information content (AvgIpc) is 2.82. The monoisotopic (exact) mass is 516 g/mol. The van der Waals surface area contributed by atoms with Crippen LogP contribution in [0.5, 0.6) is 0 Å². The Morgan fingerprint density at radius 3 is 1.76 bits per heavy atom. The molecule has 0 fully saturated rings. The van der Waals surface area contributed by atoms with E-state index in [-0.39, 0.29) is 22.6 Å². The second-order valence-electron chi connectivity index (χ2n) is 12.8. The fraction of sp³-hybridized carbons (Fsp3) is 0.750. The summed E-state index contributed by atoms with van der Waals surface area (Å²) >= 11 is 0. The van der Waals surface area contributed by atoms with Crippen LogP contribution in [0.15, 0.2) is 24.3 Å². The van der Waals surface area contributed by atoms with Crippen LogP contribution in [-0.2, 0) is 20.7 Å². The summed E-state index contributed by atoms with van der Waals surface area (Å²) in [5.41, 5.74) is 2.16. The first kappa shape index (κ1) is 33.1. The van der Waals surface area contributed by atoms with Gasteiger partial charge in [-0.25, -0.2) is 0 Å². The number of benzene rings is 1. The second kappa shape index (κ2) is 16.2. The van der Waals surface area contributed by atoms with Crippen LogP contribution >= 0.6 is 0 Å². The number of rotatable bonds is 18. The number of hydrogen-bond donors (Lipinski definition) is 0. The second-order valence-corrected chi connectivity index (χ2v) is 12.8. The third kappa shape index (κ3) is 14.0. The van der Waals surface area contributed by atoms with E-state index >= 15 is 0 Å². The molecule has 0 aliphatic carbocycles. The molecule has 0 radical (unpaired) electrons. The van der Waals surface area contributed by atoms with Gasteiger partial charge in [-0.3, -0.25) is 9.59 Å². The molecule has 0 saturated carbocycles. The summed E-state index contributed by atoms with van der Waals surface area (Å²) in [6, 6.07) is 8.42. The van der Waals surface area contributed by atoms with Crippen molar-refractivity contribution in [3.05, 3.63) is 35.4 Å². The standard InChI is InChI=1S/C32H56N2O3/c1-10-33(29(35)15-13-12-14-26(3)4)22-31(6,7)24-37-25-32(8,9)23-34(11-2)30(36)21-20-28-18-16-27(5)17-19-28/h16-19,26H,10-15,20-25H2,1-9H3. The van der Waals surface area contributed by atoms with Crippen LogP contribution in [0, 0.1) is 23.7 Å². The smallest absolute Gasteiger partial charge is 0.222 e. The lowest BCUT2D eigenvalue weighted by Gasteiger charge is -2.35. The van der Waals surface area contributed by atoms with Gasteiger partial charge in [-0.1, -0.05) is 84.2 Å². The van der Waals surface area contributed by atoms with Gasteiger partial charge in [0.25, 0.3) is 0 Å². The highest BCUT2D eigenvalue weighted by molar-refractivity contribution is 5.76. The third-order valence-corrected chi connectivity index (χ3v) is 6.86. The van der Waals surface area contributed by atoms with Crippen molar-refractivity contribution in [3.63, 3.8) is 0 Å². The summed E-state index contributed by atoms with van der Waals surface area (Å²) in [5.74, 6) is 1.14. The lowest BCUT2D eigenvalue weighted by molar-refractivity contribution is -0.133. The molecule has 0 spiro atoms. The average molecular weight is 517 g/mol. The maximum atomic E-state index is 12.9. The zero-order chi connectivity index (χ0) is 28.1. The van der Waals surface area contributed by atoms with Crippen molar-refractivity contribution in [2.45, 2.75) is 101 Å². The molecule has 0 unspecified atom stereocenters. The highest BCUT2D eigenvalue weighted by Crippen LogP contribution is 2.23. The van der Waals surface area contributed by atoms with Crippen molar-refractivity contribution in [1.82, 2.24) is 9.80 Å². The van der Waals surface area contributed by atoms with Gasteiger partial charge in [0.15, 0.2) is 0 Å². The number of amides is 2. The minimum Gasteiger partial charge on any atom is -0.380 e. The fourth-order valence-electron chi connectivity index (χ4n) is 4.63. The van der Waals surface area contributed by atoms with Gasteiger partial charge in [-0.2, -0.15) is 0 Å². The number of unbranched alkanes of at least 4 members (excludes halogenated alkanes) is 1.